The Kier molecular flexibility index (Phi) is 1.44. The zero-order chi connectivity index (χ0) is 8.39. The number of anilines is 1. The van der Waals surface area contributed by atoms with Gasteiger partial charge < -0.3 is 5.73 Å². The maximum atomic E-state index is 5.33. The van der Waals surface area contributed by atoms with Crippen molar-refractivity contribution < 1.29 is 0 Å². The van der Waals surface area contributed by atoms with Gasteiger partial charge in [-0.15, -0.1) is 5.10 Å². The van der Waals surface area contributed by atoms with Crippen LogP contribution < -0.4 is 5.73 Å². The van der Waals surface area contributed by atoms with Gasteiger partial charge in [0.2, 0.25) is 5.95 Å². The highest BCUT2D eigenvalue weighted by Gasteiger charge is 1.98. The summed E-state index contributed by atoms with van der Waals surface area (Å²) in [5, 5.41) is 3.87. The summed E-state index contributed by atoms with van der Waals surface area (Å²) < 4.78 is 1.48. The van der Waals surface area contributed by atoms with Crippen LogP contribution in [0.4, 0.5) is 5.95 Å². The van der Waals surface area contributed by atoms with E-state index in [4.69, 9.17) is 5.73 Å². The van der Waals surface area contributed by atoms with Crippen molar-refractivity contribution in [2.45, 2.75) is 0 Å². The summed E-state index contributed by atoms with van der Waals surface area (Å²) in [6.07, 6.45) is 4.56. The molecule has 6 heteroatoms. The highest BCUT2D eigenvalue weighted by Crippen LogP contribution is 1.99. The average Bonchev–Trinajstić information content (AvgIpc) is 2.54. The maximum absolute atomic E-state index is 5.33. The molecule has 0 aromatic carbocycles. The van der Waals surface area contributed by atoms with Crippen molar-refractivity contribution in [1.29, 1.82) is 0 Å². The second kappa shape index (κ2) is 2.57. The normalized spacial score (nSPS) is 10.0. The van der Waals surface area contributed by atoms with E-state index in [1.54, 1.807) is 12.3 Å². The minimum absolute atomic E-state index is 0.230. The molecule has 0 saturated carbocycles. The Hall–Kier alpha value is -1.98. The quantitative estimate of drug-likeness (QED) is 0.619. The Morgan fingerprint density at radius 2 is 2.25 bits per heavy atom. The molecule has 2 aromatic heterocycles. The molecule has 60 valence electrons. The number of aromatic nitrogens is 5. The third-order valence-electron chi connectivity index (χ3n) is 1.31. The standard InChI is InChI=1S/C6H6N6/c7-6-10-4-12(11-6)5-1-2-8-3-9-5/h1-4H,(H2,7,11). The number of nitrogens with zero attached hydrogens (tertiary/aromatic N) is 5. The molecule has 0 aliphatic carbocycles. The van der Waals surface area contributed by atoms with Gasteiger partial charge in [-0.1, -0.05) is 0 Å². The highest BCUT2D eigenvalue weighted by molar-refractivity contribution is 5.20. The molecular formula is C6H6N6. The number of nitrogens with two attached hydrogens (primary N) is 1. The summed E-state index contributed by atoms with van der Waals surface area (Å²) in [7, 11) is 0. The van der Waals surface area contributed by atoms with Gasteiger partial charge in [0, 0.05) is 12.3 Å². The Labute approximate surface area is 68.1 Å². The molecule has 0 radical (unpaired) electrons. The van der Waals surface area contributed by atoms with Gasteiger partial charge in [0.15, 0.2) is 5.82 Å². The highest BCUT2D eigenvalue weighted by atomic mass is 15.4. The van der Waals surface area contributed by atoms with E-state index >= 15 is 0 Å². The molecule has 0 unspecified atom stereocenters. The Morgan fingerprint density at radius 3 is 2.83 bits per heavy atom. The third-order valence-corrected chi connectivity index (χ3v) is 1.31. The molecule has 0 aliphatic heterocycles. The monoisotopic (exact) mass is 162 g/mol. The summed E-state index contributed by atoms with van der Waals surface area (Å²) in [5.74, 6) is 0.878. The van der Waals surface area contributed by atoms with E-state index in [9.17, 15) is 0 Å². The van der Waals surface area contributed by atoms with Gasteiger partial charge in [-0.2, -0.15) is 0 Å². The Bertz CT molecular complexity index is 367. The second-order valence-corrected chi connectivity index (χ2v) is 2.11. The first kappa shape index (κ1) is 6.71. The fraction of sp³-hybridized carbons (Fsp3) is 0. The molecule has 2 rings (SSSR count). The van der Waals surface area contributed by atoms with Gasteiger partial charge in [-0.3, -0.25) is 0 Å². The average molecular weight is 162 g/mol. The largest absolute Gasteiger partial charge is 0.366 e. The van der Waals surface area contributed by atoms with E-state index in [-0.39, 0.29) is 5.95 Å². The zero-order valence-electron chi connectivity index (χ0n) is 6.12. The van der Waals surface area contributed by atoms with Crippen molar-refractivity contribution in [3.63, 3.8) is 0 Å². The predicted molar refractivity (Wildman–Crippen MR) is 41.4 cm³/mol. The summed E-state index contributed by atoms with van der Waals surface area (Å²) in [5.41, 5.74) is 5.33. The van der Waals surface area contributed by atoms with Crippen molar-refractivity contribution in [2.24, 2.45) is 0 Å². The predicted octanol–water partition coefficient (Wildman–Crippen LogP) is -0.361. The third kappa shape index (κ3) is 1.09. The molecule has 0 aliphatic rings. The van der Waals surface area contributed by atoms with E-state index < -0.39 is 0 Å². The number of hydrogen-bond donors (Lipinski definition) is 1. The van der Waals surface area contributed by atoms with E-state index in [1.807, 2.05) is 0 Å². The number of rotatable bonds is 1. The zero-order valence-corrected chi connectivity index (χ0v) is 6.12. The van der Waals surface area contributed by atoms with E-state index in [0.29, 0.717) is 5.82 Å². The van der Waals surface area contributed by atoms with Crippen LogP contribution in [0.3, 0.4) is 0 Å². The van der Waals surface area contributed by atoms with Crippen LogP contribution in [0.1, 0.15) is 0 Å². The first-order valence-corrected chi connectivity index (χ1v) is 3.30. The van der Waals surface area contributed by atoms with Crippen molar-refractivity contribution in [1.82, 2.24) is 24.7 Å². The lowest BCUT2D eigenvalue weighted by molar-refractivity contribution is 0.841. The molecule has 0 bridgehead atoms. The van der Waals surface area contributed by atoms with Crippen LogP contribution in [0, 0.1) is 0 Å². The first-order valence-electron chi connectivity index (χ1n) is 3.30. The molecular weight excluding hydrogens is 156 g/mol. The van der Waals surface area contributed by atoms with E-state index in [2.05, 4.69) is 20.1 Å². The van der Waals surface area contributed by atoms with Gasteiger partial charge in [0.25, 0.3) is 0 Å². The van der Waals surface area contributed by atoms with Gasteiger partial charge in [0.05, 0.1) is 0 Å². The molecule has 6 nitrogen and oxygen atoms in total. The van der Waals surface area contributed by atoms with E-state index in [0.717, 1.165) is 0 Å². The van der Waals surface area contributed by atoms with Gasteiger partial charge in [-0.25, -0.2) is 19.6 Å². The molecule has 2 N–H and O–H groups in total. The fourth-order valence-electron chi connectivity index (χ4n) is 0.805. The number of nitrogen functional groups attached to an aromatic ring is 1. The van der Waals surface area contributed by atoms with Gasteiger partial charge >= 0.3 is 0 Å². The molecule has 2 aromatic rings. The van der Waals surface area contributed by atoms with Gasteiger partial charge in [-0.05, 0) is 0 Å². The van der Waals surface area contributed by atoms with Crippen molar-refractivity contribution in [3.05, 3.63) is 24.9 Å². The molecule has 12 heavy (non-hydrogen) atoms. The van der Waals surface area contributed by atoms with Crippen LogP contribution in [0.5, 0.6) is 0 Å². The molecule has 0 amide bonds. The molecule has 0 spiro atoms. The minimum Gasteiger partial charge on any atom is -0.366 e. The van der Waals surface area contributed by atoms with Crippen LogP contribution in [-0.2, 0) is 0 Å². The molecule has 0 saturated heterocycles. The second-order valence-electron chi connectivity index (χ2n) is 2.11. The Balaban J connectivity index is 2.45. The topological polar surface area (TPSA) is 82.5 Å². The van der Waals surface area contributed by atoms with Crippen molar-refractivity contribution >= 4 is 5.95 Å². The summed E-state index contributed by atoms with van der Waals surface area (Å²) in [6.45, 7) is 0. The lowest BCUT2D eigenvalue weighted by Crippen LogP contribution is -1.98. The van der Waals surface area contributed by atoms with Crippen molar-refractivity contribution in [3.8, 4) is 5.82 Å². The fourth-order valence-corrected chi connectivity index (χ4v) is 0.805. The smallest absolute Gasteiger partial charge is 0.239 e. The first-order chi connectivity index (χ1) is 5.86. The summed E-state index contributed by atoms with van der Waals surface area (Å²) in [6, 6.07) is 1.72. The van der Waals surface area contributed by atoms with Crippen LogP contribution in [-0.4, -0.2) is 24.7 Å². The number of hydrogen-bond acceptors (Lipinski definition) is 5. The van der Waals surface area contributed by atoms with E-state index in [1.165, 1.54) is 17.3 Å². The maximum Gasteiger partial charge on any atom is 0.239 e. The van der Waals surface area contributed by atoms with Crippen LogP contribution in [0.2, 0.25) is 0 Å². The minimum atomic E-state index is 0.230. The van der Waals surface area contributed by atoms with Crippen LogP contribution >= 0.6 is 0 Å². The van der Waals surface area contributed by atoms with Crippen LogP contribution in [0.25, 0.3) is 5.82 Å². The molecule has 2 heterocycles. The lowest BCUT2D eigenvalue weighted by atomic mass is 10.6. The SMILES string of the molecule is Nc1ncn(-c2ccncn2)n1. The summed E-state index contributed by atoms with van der Waals surface area (Å²) in [4.78, 5) is 11.5. The van der Waals surface area contributed by atoms with Gasteiger partial charge in [0.1, 0.15) is 12.7 Å². The van der Waals surface area contributed by atoms with Crippen molar-refractivity contribution in [2.75, 3.05) is 5.73 Å². The molecule has 0 fully saturated rings. The molecule has 0 atom stereocenters. The summed E-state index contributed by atoms with van der Waals surface area (Å²) >= 11 is 0. The lowest BCUT2D eigenvalue weighted by Gasteiger charge is -1.94. The Morgan fingerprint density at radius 1 is 1.33 bits per heavy atom. The van der Waals surface area contributed by atoms with Crippen LogP contribution in [0.15, 0.2) is 24.9 Å².